The van der Waals surface area contributed by atoms with Gasteiger partial charge >= 0.3 is 11.5 Å². The van der Waals surface area contributed by atoms with E-state index in [0.29, 0.717) is 0 Å². The molecule has 0 rings (SSSR count). The molecule has 0 atom stereocenters. The molecule has 0 aromatic rings. The second-order valence-electron chi connectivity index (χ2n) is 2.50. The molecule has 0 aromatic heterocycles. The maximum Gasteiger partial charge on any atom is 0.446 e. The molecule has 82 valence electrons. The molecule has 0 N–H and O–H groups in total. The molecule has 0 amide bonds. The summed E-state index contributed by atoms with van der Waals surface area (Å²) in [6, 6.07) is 0. The Hall–Kier alpha value is -0.850. The number of thioether (sulfide) groups is 1. The molecule has 0 aliphatic carbocycles. The zero-order valence-electron chi connectivity index (χ0n) is 7.88. The van der Waals surface area contributed by atoms with Crippen LogP contribution in [0.2, 0.25) is 0 Å². The SMILES string of the molecule is COC(=O)/C(=C/N(C)C)SC(F)(F)F. The Kier molecular flexibility index (Phi) is 4.82. The van der Waals surface area contributed by atoms with Crippen molar-refractivity contribution in [3.05, 3.63) is 11.1 Å². The highest BCUT2D eigenvalue weighted by atomic mass is 32.2. The van der Waals surface area contributed by atoms with E-state index in [2.05, 4.69) is 4.74 Å². The number of carbonyl (C=O) groups is 1. The molecule has 0 saturated heterocycles. The first kappa shape index (κ1) is 13.2. The Morgan fingerprint density at radius 1 is 1.43 bits per heavy atom. The molecule has 0 aliphatic heterocycles. The highest BCUT2D eigenvalue weighted by Crippen LogP contribution is 2.36. The number of alkyl halides is 3. The van der Waals surface area contributed by atoms with Gasteiger partial charge in [0.1, 0.15) is 4.91 Å². The third kappa shape index (κ3) is 5.74. The molecule has 0 spiro atoms. The number of rotatable bonds is 3. The lowest BCUT2D eigenvalue weighted by molar-refractivity contribution is -0.135. The van der Waals surface area contributed by atoms with Gasteiger partial charge in [0.05, 0.1) is 7.11 Å². The minimum atomic E-state index is -4.49. The predicted octanol–water partition coefficient (Wildman–Crippen LogP) is 1.82. The first-order chi connectivity index (χ1) is 6.26. The molecule has 0 unspecified atom stereocenters. The van der Waals surface area contributed by atoms with Gasteiger partial charge in [0.2, 0.25) is 0 Å². The van der Waals surface area contributed by atoms with Crippen LogP contribution in [0, 0.1) is 0 Å². The first-order valence-corrected chi connectivity index (χ1v) is 4.30. The quantitative estimate of drug-likeness (QED) is 0.545. The first-order valence-electron chi connectivity index (χ1n) is 3.48. The molecule has 0 saturated carbocycles. The number of hydrogen-bond donors (Lipinski definition) is 0. The van der Waals surface area contributed by atoms with Gasteiger partial charge in [-0.25, -0.2) is 4.79 Å². The molecule has 0 aliphatic rings. The van der Waals surface area contributed by atoms with Gasteiger partial charge in [-0.3, -0.25) is 0 Å². The van der Waals surface area contributed by atoms with E-state index in [-0.39, 0.29) is 0 Å². The molecule has 14 heavy (non-hydrogen) atoms. The molecule has 7 heteroatoms. The Balaban J connectivity index is 4.66. The van der Waals surface area contributed by atoms with Crippen LogP contribution in [0.3, 0.4) is 0 Å². The summed E-state index contributed by atoms with van der Waals surface area (Å²) >= 11 is -0.492. The van der Waals surface area contributed by atoms with Crippen molar-refractivity contribution < 1.29 is 22.7 Å². The highest BCUT2D eigenvalue weighted by Gasteiger charge is 2.33. The Morgan fingerprint density at radius 3 is 2.21 bits per heavy atom. The van der Waals surface area contributed by atoms with Crippen LogP contribution >= 0.6 is 11.8 Å². The second kappa shape index (κ2) is 5.14. The lowest BCUT2D eigenvalue weighted by Crippen LogP contribution is -2.12. The Labute approximate surface area is 83.9 Å². The van der Waals surface area contributed by atoms with Crippen molar-refractivity contribution in [1.29, 1.82) is 0 Å². The van der Waals surface area contributed by atoms with Crippen molar-refractivity contribution in [2.75, 3.05) is 21.2 Å². The van der Waals surface area contributed by atoms with Crippen molar-refractivity contribution in [3.63, 3.8) is 0 Å². The monoisotopic (exact) mass is 229 g/mol. The summed E-state index contributed by atoms with van der Waals surface area (Å²) in [5.74, 6) is -0.999. The van der Waals surface area contributed by atoms with E-state index in [1.54, 1.807) is 0 Å². The topological polar surface area (TPSA) is 29.5 Å². The highest BCUT2D eigenvalue weighted by molar-refractivity contribution is 8.04. The molecular formula is C7H10F3NO2S. The number of methoxy groups -OCH3 is 1. The summed E-state index contributed by atoms with van der Waals surface area (Å²) in [5, 5.41) is 0. The van der Waals surface area contributed by atoms with E-state index < -0.39 is 28.1 Å². The van der Waals surface area contributed by atoms with Gasteiger partial charge in [0.15, 0.2) is 0 Å². The van der Waals surface area contributed by atoms with E-state index in [4.69, 9.17) is 0 Å². The third-order valence-corrected chi connectivity index (χ3v) is 1.71. The number of ether oxygens (including phenoxy) is 1. The predicted molar refractivity (Wildman–Crippen MR) is 47.4 cm³/mol. The standard InChI is InChI=1S/C7H10F3NO2S/c1-11(2)4-5(6(12)13-3)14-7(8,9)10/h4H,1-3H3/b5-4-. The average molecular weight is 229 g/mol. The van der Waals surface area contributed by atoms with Crippen molar-refractivity contribution in [2.24, 2.45) is 0 Å². The number of esters is 1. The fourth-order valence-electron chi connectivity index (χ4n) is 0.581. The van der Waals surface area contributed by atoms with Crippen LogP contribution in [-0.4, -0.2) is 37.6 Å². The summed E-state index contributed by atoms with van der Waals surface area (Å²) in [6.45, 7) is 0. The molecular weight excluding hydrogens is 219 g/mol. The van der Waals surface area contributed by atoms with Crippen LogP contribution < -0.4 is 0 Å². The Bertz CT molecular complexity index is 238. The van der Waals surface area contributed by atoms with E-state index in [1.807, 2.05) is 0 Å². The minimum Gasteiger partial charge on any atom is -0.465 e. The molecule has 0 bridgehead atoms. The molecule has 0 fully saturated rings. The fourth-order valence-corrected chi connectivity index (χ4v) is 1.26. The summed E-state index contributed by atoms with van der Waals surface area (Å²) in [5.41, 5.74) is -4.49. The van der Waals surface area contributed by atoms with Gasteiger partial charge in [0.25, 0.3) is 0 Å². The third-order valence-electron chi connectivity index (χ3n) is 0.988. The molecule has 3 nitrogen and oxygen atoms in total. The minimum absolute atomic E-state index is 0.492. The van der Waals surface area contributed by atoms with Gasteiger partial charge < -0.3 is 9.64 Å². The van der Waals surface area contributed by atoms with E-state index in [0.717, 1.165) is 13.3 Å². The lowest BCUT2D eigenvalue weighted by Gasteiger charge is -2.11. The average Bonchev–Trinajstić information content (AvgIpc) is 1.98. The smallest absolute Gasteiger partial charge is 0.446 e. The number of halogens is 3. The van der Waals surface area contributed by atoms with Gasteiger partial charge in [0, 0.05) is 20.3 Å². The number of nitrogens with zero attached hydrogens (tertiary/aromatic N) is 1. The summed E-state index contributed by atoms with van der Waals surface area (Å²) < 4.78 is 40.1. The van der Waals surface area contributed by atoms with Gasteiger partial charge in [-0.05, 0) is 11.8 Å². The fraction of sp³-hybridized carbons (Fsp3) is 0.571. The summed E-state index contributed by atoms with van der Waals surface area (Å²) in [7, 11) is 4.06. The van der Waals surface area contributed by atoms with Gasteiger partial charge in [-0.15, -0.1) is 0 Å². The normalized spacial score (nSPS) is 12.6. The number of carbonyl (C=O) groups excluding carboxylic acids is 1. The van der Waals surface area contributed by atoms with Crippen LogP contribution in [-0.2, 0) is 9.53 Å². The van der Waals surface area contributed by atoms with Crippen molar-refractivity contribution in [1.82, 2.24) is 4.90 Å². The van der Waals surface area contributed by atoms with Crippen LogP contribution in [0.1, 0.15) is 0 Å². The molecule has 0 aromatic carbocycles. The van der Waals surface area contributed by atoms with E-state index >= 15 is 0 Å². The van der Waals surface area contributed by atoms with Crippen LogP contribution in [0.25, 0.3) is 0 Å². The maximum atomic E-state index is 11.9. The molecule has 0 heterocycles. The van der Waals surface area contributed by atoms with E-state index in [9.17, 15) is 18.0 Å². The largest absolute Gasteiger partial charge is 0.465 e. The van der Waals surface area contributed by atoms with Gasteiger partial charge in [-0.1, -0.05) is 0 Å². The Morgan fingerprint density at radius 2 is 1.93 bits per heavy atom. The van der Waals surface area contributed by atoms with Crippen molar-refractivity contribution in [3.8, 4) is 0 Å². The van der Waals surface area contributed by atoms with Crippen molar-refractivity contribution >= 4 is 17.7 Å². The van der Waals surface area contributed by atoms with Crippen LogP contribution in [0.15, 0.2) is 11.1 Å². The van der Waals surface area contributed by atoms with Gasteiger partial charge in [-0.2, -0.15) is 13.2 Å². The second-order valence-corrected chi connectivity index (χ2v) is 3.60. The zero-order valence-corrected chi connectivity index (χ0v) is 8.70. The summed E-state index contributed by atoms with van der Waals surface area (Å²) in [6.07, 6.45) is 1.06. The zero-order chi connectivity index (χ0) is 11.4. The van der Waals surface area contributed by atoms with E-state index in [1.165, 1.54) is 19.0 Å². The van der Waals surface area contributed by atoms with Crippen LogP contribution in [0.4, 0.5) is 13.2 Å². The lowest BCUT2D eigenvalue weighted by atomic mass is 10.6. The summed E-state index contributed by atoms with van der Waals surface area (Å²) in [4.78, 5) is 11.7. The van der Waals surface area contributed by atoms with Crippen molar-refractivity contribution in [2.45, 2.75) is 5.51 Å². The van der Waals surface area contributed by atoms with Crippen LogP contribution in [0.5, 0.6) is 0 Å². The number of hydrogen-bond acceptors (Lipinski definition) is 4. The maximum absolute atomic E-state index is 11.9. The molecule has 0 radical (unpaired) electrons.